The van der Waals surface area contributed by atoms with Gasteiger partial charge in [0.2, 0.25) is 11.2 Å². The van der Waals surface area contributed by atoms with Crippen LogP contribution in [0.3, 0.4) is 0 Å². The van der Waals surface area contributed by atoms with Crippen molar-refractivity contribution in [1.82, 2.24) is 25.3 Å². The first-order chi connectivity index (χ1) is 11.7. The molecule has 1 aromatic carbocycles. The zero-order chi connectivity index (χ0) is 16.9. The number of fused-ring (bicyclic) bond motifs is 1. The Bertz CT molecular complexity index is 870. The normalized spacial score (nSPS) is 10.8. The number of carbonyl (C=O) groups excluding carboxylic acids is 1. The van der Waals surface area contributed by atoms with E-state index >= 15 is 0 Å². The molecular formula is C15H14ClN5O2S. The maximum atomic E-state index is 12.1. The van der Waals surface area contributed by atoms with E-state index in [1.165, 1.54) is 18.1 Å². The molecule has 1 amide bonds. The van der Waals surface area contributed by atoms with Gasteiger partial charge in [-0.3, -0.25) is 4.79 Å². The Balaban J connectivity index is 1.60. The molecule has 3 aromatic rings. The zero-order valence-electron chi connectivity index (χ0n) is 12.7. The molecule has 0 aliphatic rings. The van der Waals surface area contributed by atoms with Crippen LogP contribution in [0.2, 0.25) is 5.28 Å². The van der Waals surface area contributed by atoms with Gasteiger partial charge in [0.1, 0.15) is 16.3 Å². The quantitative estimate of drug-likeness (QED) is 0.397. The molecule has 124 valence electrons. The molecule has 2 N–H and O–H groups in total. The van der Waals surface area contributed by atoms with E-state index in [9.17, 15) is 4.79 Å². The summed E-state index contributed by atoms with van der Waals surface area (Å²) in [5, 5.41) is 3.55. The standard InChI is InChI=1S/C15H14ClN5O2S/c1-23-10-5-3-2-4-9(10)6-17-11(22)7-24-14-12-13(19-8-18-12)20-15(16)21-14/h2-5,8H,6-7H2,1H3,(H,17,22)(H,18,19,20,21). The fourth-order valence-corrected chi connectivity index (χ4v) is 3.14. The summed E-state index contributed by atoms with van der Waals surface area (Å²) in [6, 6.07) is 7.55. The van der Waals surface area contributed by atoms with Gasteiger partial charge in [-0.05, 0) is 17.7 Å². The van der Waals surface area contributed by atoms with Gasteiger partial charge in [-0.15, -0.1) is 0 Å². The number of nitrogens with one attached hydrogen (secondary N) is 2. The van der Waals surface area contributed by atoms with E-state index in [4.69, 9.17) is 16.3 Å². The molecule has 0 unspecified atom stereocenters. The number of halogens is 1. The molecule has 0 aliphatic heterocycles. The molecule has 7 nitrogen and oxygen atoms in total. The van der Waals surface area contributed by atoms with Gasteiger partial charge < -0.3 is 15.0 Å². The number of methoxy groups -OCH3 is 1. The number of benzene rings is 1. The number of ether oxygens (including phenoxy) is 1. The molecule has 2 heterocycles. The predicted octanol–water partition coefficient (Wildman–Crippen LogP) is 2.42. The fraction of sp³-hybridized carbons (Fsp3) is 0.200. The third kappa shape index (κ3) is 3.77. The molecule has 0 atom stereocenters. The highest BCUT2D eigenvalue weighted by atomic mass is 35.5. The van der Waals surface area contributed by atoms with Gasteiger partial charge in [0.25, 0.3) is 0 Å². The van der Waals surface area contributed by atoms with Crippen LogP contribution < -0.4 is 10.1 Å². The van der Waals surface area contributed by atoms with Crippen molar-refractivity contribution < 1.29 is 9.53 Å². The third-order valence-corrected chi connectivity index (χ3v) is 4.38. The van der Waals surface area contributed by atoms with Gasteiger partial charge in [-0.2, -0.15) is 4.98 Å². The summed E-state index contributed by atoms with van der Waals surface area (Å²) in [5.74, 6) is 0.830. The predicted molar refractivity (Wildman–Crippen MR) is 92.3 cm³/mol. The van der Waals surface area contributed by atoms with Crippen molar-refractivity contribution in [3.05, 3.63) is 41.4 Å². The largest absolute Gasteiger partial charge is 0.496 e. The SMILES string of the molecule is COc1ccccc1CNC(=O)CSc1nc(Cl)nc2nc[nH]c12. The molecule has 0 fully saturated rings. The number of aromatic nitrogens is 4. The van der Waals surface area contributed by atoms with Gasteiger partial charge in [0.15, 0.2) is 5.65 Å². The first-order valence-electron chi connectivity index (χ1n) is 7.05. The van der Waals surface area contributed by atoms with Crippen molar-refractivity contribution in [2.75, 3.05) is 12.9 Å². The molecule has 2 aromatic heterocycles. The summed E-state index contributed by atoms with van der Waals surface area (Å²) in [7, 11) is 1.60. The second-order valence-corrected chi connectivity index (χ2v) is 6.08. The van der Waals surface area contributed by atoms with Crippen LogP contribution >= 0.6 is 23.4 Å². The number of aromatic amines is 1. The van der Waals surface area contributed by atoms with Gasteiger partial charge in [0, 0.05) is 12.1 Å². The summed E-state index contributed by atoms with van der Waals surface area (Å²) in [4.78, 5) is 27.2. The number of hydrogen-bond acceptors (Lipinski definition) is 6. The second-order valence-electron chi connectivity index (χ2n) is 4.78. The lowest BCUT2D eigenvalue weighted by Crippen LogP contribution is -2.24. The Kier molecular flexibility index (Phi) is 5.17. The Hall–Kier alpha value is -2.32. The van der Waals surface area contributed by atoms with Crippen LogP contribution in [0.4, 0.5) is 0 Å². The molecule has 0 saturated heterocycles. The Morgan fingerprint density at radius 1 is 1.38 bits per heavy atom. The summed E-state index contributed by atoms with van der Waals surface area (Å²) in [5.41, 5.74) is 2.06. The maximum absolute atomic E-state index is 12.1. The van der Waals surface area contributed by atoms with Crippen LogP contribution in [0.15, 0.2) is 35.6 Å². The minimum Gasteiger partial charge on any atom is -0.496 e. The van der Waals surface area contributed by atoms with E-state index in [0.717, 1.165) is 11.3 Å². The highest BCUT2D eigenvalue weighted by molar-refractivity contribution is 8.00. The van der Waals surface area contributed by atoms with Gasteiger partial charge in [-0.25, -0.2) is 9.97 Å². The average Bonchev–Trinajstić information content (AvgIpc) is 3.06. The Morgan fingerprint density at radius 2 is 2.21 bits per heavy atom. The van der Waals surface area contributed by atoms with E-state index in [1.807, 2.05) is 24.3 Å². The van der Waals surface area contributed by atoms with Crippen LogP contribution in [-0.4, -0.2) is 38.7 Å². The number of amides is 1. The summed E-state index contributed by atoms with van der Waals surface area (Å²) >= 11 is 7.14. The second kappa shape index (κ2) is 7.50. The number of hydrogen-bond donors (Lipinski definition) is 2. The van der Waals surface area contributed by atoms with Gasteiger partial charge in [0.05, 0.1) is 19.2 Å². The highest BCUT2D eigenvalue weighted by Crippen LogP contribution is 2.24. The zero-order valence-corrected chi connectivity index (χ0v) is 14.3. The van der Waals surface area contributed by atoms with Crippen LogP contribution in [0.1, 0.15) is 5.56 Å². The van der Waals surface area contributed by atoms with E-state index in [0.29, 0.717) is 22.7 Å². The van der Waals surface area contributed by atoms with Crippen LogP contribution in [0.25, 0.3) is 11.2 Å². The molecule has 0 spiro atoms. The summed E-state index contributed by atoms with van der Waals surface area (Å²) < 4.78 is 5.26. The van der Waals surface area contributed by atoms with E-state index in [1.54, 1.807) is 7.11 Å². The molecule has 3 rings (SSSR count). The number of carbonyl (C=O) groups is 1. The van der Waals surface area contributed by atoms with Gasteiger partial charge >= 0.3 is 0 Å². The lowest BCUT2D eigenvalue weighted by Gasteiger charge is -2.09. The number of rotatable bonds is 6. The first-order valence-corrected chi connectivity index (χ1v) is 8.41. The average molecular weight is 364 g/mol. The molecular weight excluding hydrogens is 350 g/mol. The van der Waals surface area contributed by atoms with Crippen molar-refractivity contribution in [3.63, 3.8) is 0 Å². The van der Waals surface area contributed by atoms with E-state index in [2.05, 4.69) is 25.3 Å². The number of para-hydroxylation sites is 1. The molecule has 0 saturated carbocycles. The van der Waals surface area contributed by atoms with Crippen LogP contribution in [0.5, 0.6) is 5.75 Å². The van der Waals surface area contributed by atoms with Crippen molar-refractivity contribution >= 4 is 40.4 Å². The van der Waals surface area contributed by atoms with Crippen molar-refractivity contribution in [2.45, 2.75) is 11.6 Å². The maximum Gasteiger partial charge on any atom is 0.230 e. The number of imidazole rings is 1. The Morgan fingerprint density at radius 3 is 3.04 bits per heavy atom. The smallest absolute Gasteiger partial charge is 0.230 e. The third-order valence-electron chi connectivity index (χ3n) is 3.23. The van der Waals surface area contributed by atoms with Gasteiger partial charge in [-0.1, -0.05) is 30.0 Å². The molecule has 24 heavy (non-hydrogen) atoms. The fourth-order valence-electron chi connectivity index (χ4n) is 2.11. The Labute approximate surface area is 147 Å². The minimum atomic E-state index is -0.117. The van der Waals surface area contributed by atoms with Crippen molar-refractivity contribution in [3.8, 4) is 5.75 Å². The lowest BCUT2D eigenvalue weighted by molar-refractivity contribution is -0.118. The van der Waals surface area contributed by atoms with E-state index < -0.39 is 0 Å². The highest BCUT2D eigenvalue weighted by Gasteiger charge is 2.12. The first kappa shape index (κ1) is 16.5. The molecule has 0 radical (unpaired) electrons. The van der Waals surface area contributed by atoms with Crippen LogP contribution in [-0.2, 0) is 11.3 Å². The monoisotopic (exact) mass is 363 g/mol. The number of H-pyrrole nitrogens is 1. The van der Waals surface area contributed by atoms with Crippen molar-refractivity contribution in [2.24, 2.45) is 0 Å². The number of nitrogens with zero attached hydrogens (tertiary/aromatic N) is 3. The molecule has 0 bridgehead atoms. The van der Waals surface area contributed by atoms with Crippen LogP contribution in [0, 0.1) is 0 Å². The summed E-state index contributed by atoms with van der Waals surface area (Å²) in [6.45, 7) is 0.396. The topological polar surface area (TPSA) is 92.8 Å². The summed E-state index contributed by atoms with van der Waals surface area (Å²) in [6.07, 6.45) is 1.52. The van der Waals surface area contributed by atoms with E-state index in [-0.39, 0.29) is 16.9 Å². The lowest BCUT2D eigenvalue weighted by atomic mass is 10.2. The molecule has 0 aliphatic carbocycles. The minimum absolute atomic E-state index is 0.103. The molecule has 9 heteroatoms. The van der Waals surface area contributed by atoms with Crippen molar-refractivity contribution in [1.29, 1.82) is 0 Å². The number of thioether (sulfide) groups is 1.